The highest BCUT2D eigenvalue weighted by Crippen LogP contribution is 2.31. The predicted octanol–water partition coefficient (Wildman–Crippen LogP) is 5.87. The van der Waals surface area contributed by atoms with Crippen LogP contribution in [-0.4, -0.2) is 70.1 Å². The van der Waals surface area contributed by atoms with Crippen LogP contribution in [0.25, 0.3) is 0 Å². The van der Waals surface area contributed by atoms with Gasteiger partial charge in [-0.3, -0.25) is 4.79 Å². The molecule has 0 saturated carbocycles. The molecular formula is C29H42Cl3N2O7+. The Morgan fingerprint density at radius 1 is 1.02 bits per heavy atom. The number of quaternary nitrogens is 1. The topological polar surface area (TPSA) is 108 Å². The van der Waals surface area contributed by atoms with E-state index in [0.29, 0.717) is 12.8 Å². The Labute approximate surface area is 257 Å². The monoisotopic (exact) mass is 635 g/mol. The number of hydrogen-bond donors (Lipinski definition) is 1. The van der Waals surface area contributed by atoms with Crippen molar-refractivity contribution < 1.29 is 37.9 Å². The number of alkyl halides is 3. The summed E-state index contributed by atoms with van der Waals surface area (Å²) in [6, 6.07) is 7.89. The van der Waals surface area contributed by atoms with Crippen molar-refractivity contribution in [3.8, 4) is 0 Å². The van der Waals surface area contributed by atoms with Crippen molar-refractivity contribution in [2.45, 2.75) is 88.3 Å². The first kappa shape index (κ1) is 35.3. The summed E-state index contributed by atoms with van der Waals surface area (Å²) < 4.78 is 13.7. The first-order chi connectivity index (χ1) is 19.2. The molecule has 1 aromatic carbocycles. The third-order valence-electron chi connectivity index (χ3n) is 6.68. The highest BCUT2D eigenvalue weighted by Gasteiger charge is 2.60. The molecule has 1 unspecified atom stereocenters. The Morgan fingerprint density at radius 2 is 1.71 bits per heavy atom. The van der Waals surface area contributed by atoms with Gasteiger partial charge in [0.1, 0.15) is 25.4 Å². The van der Waals surface area contributed by atoms with Crippen LogP contribution in [0.4, 0.5) is 4.79 Å². The second-order valence-corrected chi connectivity index (χ2v) is 13.8. The van der Waals surface area contributed by atoms with Crippen molar-refractivity contribution in [2.24, 2.45) is 5.92 Å². The van der Waals surface area contributed by atoms with Crippen LogP contribution in [-0.2, 0) is 35.2 Å². The summed E-state index contributed by atoms with van der Waals surface area (Å²) in [4.78, 5) is 54.7. The lowest BCUT2D eigenvalue weighted by atomic mass is 9.93. The molecule has 0 aliphatic carbocycles. The van der Waals surface area contributed by atoms with Gasteiger partial charge >= 0.3 is 23.9 Å². The molecule has 2 rings (SSSR count). The number of amides is 2. The molecule has 1 aromatic rings. The Balaban J connectivity index is 2.44. The van der Waals surface area contributed by atoms with Gasteiger partial charge in [0.15, 0.2) is 0 Å². The van der Waals surface area contributed by atoms with Gasteiger partial charge in [0.2, 0.25) is 9.83 Å². The molecule has 1 N–H and O–H groups in total. The second-order valence-electron chi connectivity index (χ2n) is 11.3. The predicted molar refractivity (Wildman–Crippen MR) is 157 cm³/mol. The molecule has 0 spiro atoms. The zero-order valence-electron chi connectivity index (χ0n) is 24.3. The summed E-state index contributed by atoms with van der Waals surface area (Å²) >= 11 is 17.2. The van der Waals surface area contributed by atoms with Gasteiger partial charge in [-0.05, 0) is 32.8 Å². The van der Waals surface area contributed by atoms with Gasteiger partial charge in [0, 0.05) is 6.54 Å². The van der Waals surface area contributed by atoms with Crippen molar-refractivity contribution in [1.29, 1.82) is 0 Å². The SMILES string of the molecule is CCCCCC[C@H](CC(=O)OCC(Cl)(Cl)Cl)C(=O)[N@@+]1(C(=O)OC(C)(C)C)CCNCC1C(=O)OCc1ccccc1. The number of esters is 2. The summed E-state index contributed by atoms with van der Waals surface area (Å²) in [5.74, 6) is -3.00. The van der Waals surface area contributed by atoms with Gasteiger partial charge < -0.3 is 19.5 Å². The molecule has 1 aliphatic heterocycles. The highest BCUT2D eigenvalue weighted by molar-refractivity contribution is 6.67. The Morgan fingerprint density at radius 3 is 2.32 bits per heavy atom. The third-order valence-corrected chi connectivity index (χ3v) is 7.01. The average Bonchev–Trinajstić information content (AvgIpc) is 2.91. The van der Waals surface area contributed by atoms with Crippen molar-refractivity contribution in [3.63, 3.8) is 0 Å². The number of hydrogen-bond acceptors (Lipinski definition) is 8. The maximum Gasteiger partial charge on any atom is 0.524 e. The van der Waals surface area contributed by atoms with Crippen LogP contribution in [0.1, 0.15) is 71.8 Å². The Kier molecular flexibility index (Phi) is 13.8. The van der Waals surface area contributed by atoms with Gasteiger partial charge in [-0.15, -0.1) is 4.48 Å². The third kappa shape index (κ3) is 11.4. The summed E-state index contributed by atoms with van der Waals surface area (Å²) in [6.07, 6.45) is 2.50. The highest BCUT2D eigenvalue weighted by atomic mass is 35.6. The maximum atomic E-state index is 14.5. The van der Waals surface area contributed by atoms with E-state index < -0.39 is 56.4 Å². The van der Waals surface area contributed by atoms with E-state index in [1.807, 2.05) is 30.3 Å². The first-order valence-electron chi connectivity index (χ1n) is 14.0. The molecule has 1 heterocycles. The molecule has 3 atom stereocenters. The van der Waals surface area contributed by atoms with Crippen LogP contribution in [0.3, 0.4) is 0 Å². The molecular weight excluding hydrogens is 595 g/mol. The lowest BCUT2D eigenvalue weighted by Crippen LogP contribution is -2.74. The maximum absolute atomic E-state index is 14.5. The molecule has 0 aromatic heterocycles. The number of halogens is 3. The Hall–Kier alpha value is -1.91. The molecule has 0 bridgehead atoms. The van der Waals surface area contributed by atoms with Crippen molar-refractivity contribution in [3.05, 3.63) is 35.9 Å². The first-order valence-corrected chi connectivity index (χ1v) is 15.1. The molecule has 0 radical (unpaired) electrons. The minimum atomic E-state index is -1.81. The van der Waals surface area contributed by atoms with Crippen molar-refractivity contribution in [1.82, 2.24) is 5.32 Å². The molecule has 230 valence electrons. The molecule has 1 fully saturated rings. The second kappa shape index (κ2) is 16.1. The standard InChI is InChI=1S/C29H42Cl3N2O7/c1-5-6-7-11-14-22(17-24(35)40-20-29(30,31)32)25(36)34(27(38)41-28(2,3)4)16-15-33-18-23(34)26(37)39-19-21-12-9-8-10-13-21/h8-10,12-13,22-23,33H,5-7,11,14-20H2,1-4H3/q+1/t22-,23?,34-/m1/s1. The summed E-state index contributed by atoms with van der Waals surface area (Å²) in [5, 5.41) is 3.11. The number of rotatable bonds is 12. The zero-order valence-corrected chi connectivity index (χ0v) is 26.5. The molecule has 12 heteroatoms. The van der Waals surface area contributed by atoms with E-state index in [0.717, 1.165) is 24.8 Å². The lowest BCUT2D eigenvalue weighted by molar-refractivity contribution is -0.806. The van der Waals surface area contributed by atoms with Gasteiger partial charge in [0.05, 0.1) is 18.9 Å². The van der Waals surface area contributed by atoms with Crippen molar-refractivity contribution >= 4 is 58.7 Å². The van der Waals surface area contributed by atoms with Crippen LogP contribution >= 0.6 is 34.8 Å². The number of imide groups is 1. The molecule has 1 saturated heterocycles. The van der Waals surface area contributed by atoms with E-state index in [1.165, 1.54) is 0 Å². The number of carbonyl (C=O) groups excluding carboxylic acids is 4. The largest absolute Gasteiger partial charge is 0.524 e. The minimum Gasteiger partial charge on any atom is -0.461 e. The average molecular weight is 637 g/mol. The number of piperazine rings is 1. The van der Waals surface area contributed by atoms with E-state index >= 15 is 0 Å². The fourth-order valence-electron chi connectivity index (χ4n) is 4.69. The van der Waals surface area contributed by atoms with Crippen LogP contribution < -0.4 is 5.32 Å². The van der Waals surface area contributed by atoms with Crippen LogP contribution in [0.15, 0.2) is 30.3 Å². The molecule has 9 nitrogen and oxygen atoms in total. The fourth-order valence-corrected chi connectivity index (χ4v) is 4.85. The summed E-state index contributed by atoms with van der Waals surface area (Å²) in [5.41, 5.74) is -0.178. The number of ether oxygens (including phenoxy) is 3. The van der Waals surface area contributed by atoms with E-state index in [4.69, 9.17) is 49.0 Å². The Bertz CT molecular complexity index is 1030. The lowest BCUT2D eigenvalue weighted by Gasteiger charge is -2.42. The number of nitrogens with one attached hydrogen (secondary N) is 1. The minimum absolute atomic E-state index is 0.0128. The van der Waals surface area contributed by atoms with Crippen LogP contribution in [0.5, 0.6) is 0 Å². The van der Waals surface area contributed by atoms with E-state index in [9.17, 15) is 19.2 Å². The van der Waals surface area contributed by atoms with E-state index in [1.54, 1.807) is 20.8 Å². The fraction of sp³-hybridized carbons (Fsp3) is 0.655. The van der Waals surface area contributed by atoms with Crippen molar-refractivity contribution in [2.75, 3.05) is 26.2 Å². The molecule has 1 aliphatic rings. The summed E-state index contributed by atoms with van der Waals surface area (Å²) in [6.45, 7) is 6.85. The van der Waals surface area contributed by atoms with Gasteiger partial charge in [0.25, 0.3) is 0 Å². The molecule has 41 heavy (non-hydrogen) atoms. The smallest absolute Gasteiger partial charge is 0.461 e. The number of nitrogens with zero attached hydrogens (tertiary/aromatic N) is 1. The number of carbonyl (C=O) groups is 4. The molecule has 2 amide bonds. The van der Waals surface area contributed by atoms with Gasteiger partial charge in [-0.25, -0.2) is 9.59 Å². The van der Waals surface area contributed by atoms with Crippen LogP contribution in [0, 0.1) is 5.92 Å². The van der Waals surface area contributed by atoms with Gasteiger partial charge in [-0.1, -0.05) is 97.7 Å². The number of unbranched alkanes of at least 4 members (excludes halogenated alkanes) is 3. The summed E-state index contributed by atoms with van der Waals surface area (Å²) in [7, 11) is 0. The van der Waals surface area contributed by atoms with E-state index in [2.05, 4.69) is 12.2 Å². The number of benzene rings is 1. The van der Waals surface area contributed by atoms with E-state index in [-0.39, 0.29) is 32.7 Å². The normalized spacial score (nSPS) is 20.1. The van der Waals surface area contributed by atoms with Gasteiger partial charge in [-0.2, -0.15) is 4.79 Å². The zero-order chi connectivity index (χ0) is 30.7. The van der Waals surface area contributed by atoms with Crippen LogP contribution in [0.2, 0.25) is 0 Å². The quantitative estimate of drug-likeness (QED) is 0.0998.